The van der Waals surface area contributed by atoms with E-state index in [2.05, 4.69) is 16.9 Å². The Kier molecular flexibility index (Phi) is 4.81. The third-order valence-corrected chi connectivity index (χ3v) is 4.60. The topological polar surface area (TPSA) is 58.4 Å². The molecule has 0 aliphatic carbocycles. The Labute approximate surface area is 120 Å². The molecule has 1 N–H and O–H groups in total. The van der Waals surface area contributed by atoms with Crippen molar-refractivity contribution in [2.75, 3.05) is 19.6 Å². The van der Waals surface area contributed by atoms with Gasteiger partial charge in [-0.15, -0.1) is 0 Å². The minimum Gasteiger partial charge on any atom is -0.481 e. The van der Waals surface area contributed by atoms with Crippen molar-refractivity contribution < 1.29 is 9.90 Å². The summed E-state index contributed by atoms with van der Waals surface area (Å²) in [5, 5.41) is 13.7. The smallest absolute Gasteiger partial charge is 0.309 e. The molecular formula is C15H25N3O2. The maximum atomic E-state index is 11.5. The molecule has 5 heteroatoms. The van der Waals surface area contributed by atoms with Crippen LogP contribution < -0.4 is 0 Å². The number of carboxylic acid groups (broad SMARTS) is 1. The summed E-state index contributed by atoms with van der Waals surface area (Å²) in [6.07, 6.45) is 6.11. The van der Waals surface area contributed by atoms with Gasteiger partial charge in [-0.1, -0.05) is 13.3 Å². The molecule has 112 valence electrons. The van der Waals surface area contributed by atoms with E-state index in [0.717, 1.165) is 51.7 Å². The number of nitrogens with zero attached hydrogens (tertiary/aromatic N) is 3. The molecule has 2 rings (SSSR count). The minimum absolute atomic E-state index is 0.474. The van der Waals surface area contributed by atoms with Gasteiger partial charge < -0.3 is 10.0 Å². The predicted molar refractivity (Wildman–Crippen MR) is 77.6 cm³/mol. The van der Waals surface area contributed by atoms with E-state index in [0.29, 0.717) is 0 Å². The third-order valence-electron chi connectivity index (χ3n) is 4.60. The van der Waals surface area contributed by atoms with Gasteiger partial charge in [0.2, 0.25) is 0 Å². The van der Waals surface area contributed by atoms with Crippen molar-refractivity contribution in [3.8, 4) is 0 Å². The Hall–Kier alpha value is -1.36. The van der Waals surface area contributed by atoms with E-state index in [1.165, 1.54) is 5.69 Å². The summed E-state index contributed by atoms with van der Waals surface area (Å²) >= 11 is 0. The van der Waals surface area contributed by atoms with Gasteiger partial charge in [0.1, 0.15) is 0 Å². The Balaban J connectivity index is 1.84. The molecule has 0 amide bonds. The number of carboxylic acids is 1. The number of likely N-dealkylation sites (tertiary alicyclic amines) is 1. The molecule has 1 fully saturated rings. The van der Waals surface area contributed by atoms with E-state index in [-0.39, 0.29) is 0 Å². The molecule has 0 saturated carbocycles. The quantitative estimate of drug-likeness (QED) is 0.864. The molecule has 1 aliphatic heterocycles. The van der Waals surface area contributed by atoms with Crippen LogP contribution in [-0.4, -0.2) is 45.4 Å². The highest BCUT2D eigenvalue weighted by Crippen LogP contribution is 2.36. The van der Waals surface area contributed by atoms with Crippen LogP contribution in [0, 0.1) is 5.41 Å². The number of rotatable bonds is 6. The van der Waals surface area contributed by atoms with Gasteiger partial charge in [-0.2, -0.15) is 5.10 Å². The summed E-state index contributed by atoms with van der Waals surface area (Å²) in [5.74, 6) is -0.606. The Morgan fingerprint density at radius 1 is 1.45 bits per heavy atom. The largest absolute Gasteiger partial charge is 0.481 e. The molecule has 1 saturated heterocycles. The summed E-state index contributed by atoms with van der Waals surface area (Å²) in [5.41, 5.74) is 0.756. The van der Waals surface area contributed by atoms with Gasteiger partial charge in [0.25, 0.3) is 0 Å². The molecular weight excluding hydrogens is 254 g/mol. The second-order valence-electron chi connectivity index (χ2n) is 5.87. The number of hydrogen-bond donors (Lipinski definition) is 1. The lowest BCUT2D eigenvalue weighted by Gasteiger charge is -2.38. The number of hydrogen-bond acceptors (Lipinski definition) is 3. The zero-order valence-electron chi connectivity index (χ0n) is 12.5. The van der Waals surface area contributed by atoms with Crippen molar-refractivity contribution in [2.24, 2.45) is 12.5 Å². The first-order valence-electron chi connectivity index (χ1n) is 7.50. The molecule has 0 bridgehead atoms. The average molecular weight is 279 g/mol. The van der Waals surface area contributed by atoms with Gasteiger partial charge in [0.15, 0.2) is 0 Å². The van der Waals surface area contributed by atoms with Crippen LogP contribution in [0.3, 0.4) is 0 Å². The Bertz CT molecular complexity index is 448. The molecule has 0 atom stereocenters. The van der Waals surface area contributed by atoms with Crippen molar-refractivity contribution in [3.63, 3.8) is 0 Å². The fraction of sp³-hybridized carbons (Fsp3) is 0.733. The summed E-state index contributed by atoms with van der Waals surface area (Å²) < 4.78 is 1.91. The van der Waals surface area contributed by atoms with Crippen LogP contribution >= 0.6 is 0 Å². The Morgan fingerprint density at radius 2 is 2.15 bits per heavy atom. The Morgan fingerprint density at radius 3 is 2.65 bits per heavy atom. The number of aromatic nitrogens is 2. The summed E-state index contributed by atoms with van der Waals surface area (Å²) in [6, 6.07) is 2.04. The zero-order valence-corrected chi connectivity index (χ0v) is 12.5. The van der Waals surface area contributed by atoms with Crippen molar-refractivity contribution in [1.82, 2.24) is 14.7 Å². The molecule has 0 aromatic carbocycles. The zero-order chi connectivity index (χ0) is 14.6. The summed E-state index contributed by atoms with van der Waals surface area (Å²) in [6.45, 7) is 4.84. The SMILES string of the molecule is CCCC1(C(=O)O)CCN(CCc2ccnn2C)CC1. The maximum Gasteiger partial charge on any atom is 0.309 e. The van der Waals surface area contributed by atoms with E-state index < -0.39 is 11.4 Å². The molecule has 1 aliphatic rings. The van der Waals surface area contributed by atoms with Gasteiger partial charge in [-0.05, 0) is 38.4 Å². The van der Waals surface area contributed by atoms with E-state index in [4.69, 9.17) is 0 Å². The highest BCUT2D eigenvalue weighted by atomic mass is 16.4. The van der Waals surface area contributed by atoms with Gasteiger partial charge in [-0.25, -0.2) is 0 Å². The second-order valence-corrected chi connectivity index (χ2v) is 5.87. The molecule has 0 spiro atoms. The third kappa shape index (κ3) is 3.20. The maximum absolute atomic E-state index is 11.5. The lowest BCUT2D eigenvalue weighted by atomic mass is 9.75. The van der Waals surface area contributed by atoms with Gasteiger partial charge in [-0.3, -0.25) is 9.48 Å². The van der Waals surface area contributed by atoms with Crippen LogP contribution in [0.4, 0.5) is 0 Å². The highest BCUT2D eigenvalue weighted by Gasteiger charge is 2.40. The molecule has 5 nitrogen and oxygen atoms in total. The summed E-state index contributed by atoms with van der Waals surface area (Å²) in [7, 11) is 1.96. The first kappa shape index (κ1) is 15.0. The normalized spacial score (nSPS) is 19.1. The van der Waals surface area contributed by atoms with Crippen molar-refractivity contribution in [1.29, 1.82) is 0 Å². The van der Waals surface area contributed by atoms with Crippen LogP contribution in [0.2, 0.25) is 0 Å². The summed E-state index contributed by atoms with van der Waals surface area (Å²) in [4.78, 5) is 13.9. The van der Waals surface area contributed by atoms with Crippen molar-refractivity contribution >= 4 is 5.97 Å². The van der Waals surface area contributed by atoms with Crippen LogP contribution in [0.25, 0.3) is 0 Å². The van der Waals surface area contributed by atoms with Crippen LogP contribution in [0.15, 0.2) is 12.3 Å². The van der Waals surface area contributed by atoms with Crippen molar-refractivity contribution in [3.05, 3.63) is 18.0 Å². The molecule has 2 heterocycles. The van der Waals surface area contributed by atoms with Crippen LogP contribution in [0.5, 0.6) is 0 Å². The standard InChI is InChI=1S/C15H25N3O2/c1-3-6-15(14(19)20)7-11-18(12-8-15)10-5-13-4-9-16-17(13)2/h4,9H,3,5-8,10-12H2,1-2H3,(H,19,20). The first-order valence-corrected chi connectivity index (χ1v) is 7.50. The number of aryl methyl sites for hydroxylation is 1. The molecule has 1 aromatic heterocycles. The molecule has 1 aromatic rings. The van der Waals surface area contributed by atoms with Gasteiger partial charge in [0, 0.05) is 31.9 Å². The average Bonchev–Trinajstić information content (AvgIpc) is 2.84. The van der Waals surface area contributed by atoms with E-state index in [1.807, 2.05) is 24.0 Å². The lowest BCUT2D eigenvalue weighted by Crippen LogP contribution is -2.45. The molecule has 0 unspecified atom stereocenters. The fourth-order valence-electron chi connectivity index (χ4n) is 3.17. The lowest BCUT2D eigenvalue weighted by molar-refractivity contribution is -0.152. The van der Waals surface area contributed by atoms with Crippen LogP contribution in [0.1, 0.15) is 38.3 Å². The molecule has 0 radical (unpaired) electrons. The monoisotopic (exact) mass is 279 g/mol. The van der Waals surface area contributed by atoms with E-state index in [1.54, 1.807) is 0 Å². The van der Waals surface area contributed by atoms with Gasteiger partial charge in [0.05, 0.1) is 5.41 Å². The van der Waals surface area contributed by atoms with Crippen LogP contribution in [-0.2, 0) is 18.3 Å². The fourth-order valence-corrected chi connectivity index (χ4v) is 3.17. The number of aliphatic carboxylic acids is 1. The van der Waals surface area contributed by atoms with E-state index in [9.17, 15) is 9.90 Å². The first-order chi connectivity index (χ1) is 9.57. The number of carbonyl (C=O) groups is 1. The second kappa shape index (κ2) is 6.39. The van der Waals surface area contributed by atoms with Crippen molar-refractivity contribution in [2.45, 2.75) is 39.0 Å². The van der Waals surface area contributed by atoms with Gasteiger partial charge >= 0.3 is 5.97 Å². The predicted octanol–water partition coefficient (Wildman–Crippen LogP) is 1.93. The van der Waals surface area contributed by atoms with E-state index >= 15 is 0 Å². The minimum atomic E-state index is -0.606. The highest BCUT2D eigenvalue weighted by molar-refractivity contribution is 5.74. The number of piperidine rings is 1. The molecule has 20 heavy (non-hydrogen) atoms.